The first-order chi connectivity index (χ1) is 8.83. The van der Waals surface area contributed by atoms with Crippen molar-refractivity contribution in [3.05, 3.63) is 34.8 Å². The van der Waals surface area contributed by atoms with Gasteiger partial charge in [-0.2, -0.15) is 0 Å². The predicted molar refractivity (Wildman–Crippen MR) is 68.3 cm³/mol. The van der Waals surface area contributed by atoms with Crippen LogP contribution in [0.25, 0.3) is 0 Å². The van der Waals surface area contributed by atoms with Crippen LogP contribution < -0.4 is 0 Å². The molecule has 3 rings (SSSR count). The minimum absolute atomic E-state index is 0.208. The number of thiophene rings is 1. The standard InChI is InChI=1S/C12H14N4OS/c17-12(8-11-2-1-7-18-11)15-5-3-10(9-15)16-6-4-13-14-16/h1-2,4,6-7,10H,3,5,8-9H2. The lowest BCUT2D eigenvalue weighted by molar-refractivity contribution is -0.129. The Morgan fingerprint density at radius 3 is 3.22 bits per heavy atom. The smallest absolute Gasteiger partial charge is 0.227 e. The van der Waals surface area contributed by atoms with Gasteiger partial charge in [0.15, 0.2) is 0 Å². The molecule has 2 aromatic rings. The van der Waals surface area contributed by atoms with Crippen molar-refractivity contribution in [2.45, 2.75) is 18.9 Å². The highest BCUT2D eigenvalue weighted by atomic mass is 32.1. The summed E-state index contributed by atoms with van der Waals surface area (Å²) in [4.78, 5) is 15.2. The van der Waals surface area contributed by atoms with Crippen LogP contribution in [0.4, 0.5) is 0 Å². The van der Waals surface area contributed by atoms with E-state index in [1.54, 1.807) is 17.5 Å². The third kappa shape index (κ3) is 2.28. The average Bonchev–Trinajstić information content (AvgIpc) is 3.11. The Morgan fingerprint density at radius 2 is 2.50 bits per heavy atom. The van der Waals surface area contributed by atoms with E-state index in [4.69, 9.17) is 0 Å². The summed E-state index contributed by atoms with van der Waals surface area (Å²) in [7, 11) is 0. The molecule has 3 heterocycles. The topological polar surface area (TPSA) is 51.0 Å². The molecule has 1 fully saturated rings. The zero-order valence-corrected chi connectivity index (χ0v) is 10.7. The quantitative estimate of drug-likeness (QED) is 0.839. The number of likely N-dealkylation sites (tertiary alicyclic amines) is 1. The SMILES string of the molecule is O=C(Cc1cccs1)N1CCC(n2ccnn2)C1. The molecule has 0 bridgehead atoms. The van der Waals surface area contributed by atoms with Crippen LogP contribution in [-0.2, 0) is 11.2 Å². The van der Waals surface area contributed by atoms with Gasteiger partial charge in [-0.05, 0) is 17.9 Å². The van der Waals surface area contributed by atoms with Crippen LogP contribution in [0.3, 0.4) is 0 Å². The highest BCUT2D eigenvalue weighted by molar-refractivity contribution is 7.10. The fourth-order valence-corrected chi connectivity index (χ4v) is 2.97. The minimum atomic E-state index is 0.208. The number of amides is 1. The van der Waals surface area contributed by atoms with E-state index in [1.165, 1.54) is 0 Å². The molecular formula is C12H14N4OS. The maximum absolute atomic E-state index is 12.1. The molecule has 1 saturated heterocycles. The maximum atomic E-state index is 12.1. The first-order valence-corrected chi connectivity index (χ1v) is 6.87. The van der Waals surface area contributed by atoms with Gasteiger partial charge in [-0.25, -0.2) is 4.68 Å². The Hall–Kier alpha value is -1.69. The van der Waals surface area contributed by atoms with Gasteiger partial charge in [0.25, 0.3) is 0 Å². The zero-order chi connectivity index (χ0) is 12.4. The van der Waals surface area contributed by atoms with Gasteiger partial charge >= 0.3 is 0 Å². The van der Waals surface area contributed by atoms with E-state index >= 15 is 0 Å². The molecule has 2 aromatic heterocycles. The molecule has 1 unspecified atom stereocenters. The summed E-state index contributed by atoms with van der Waals surface area (Å²) < 4.78 is 1.85. The molecule has 0 N–H and O–H groups in total. The highest BCUT2D eigenvalue weighted by Crippen LogP contribution is 2.21. The zero-order valence-electron chi connectivity index (χ0n) is 9.90. The second-order valence-electron chi connectivity index (χ2n) is 4.42. The summed E-state index contributed by atoms with van der Waals surface area (Å²) in [5.41, 5.74) is 0. The lowest BCUT2D eigenvalue weighted by Crippen LogP contribution is -2.30. The van der Waals surface area contributed by atoms with Gasteiger partial charge in [0.2, 0.25) is 5.91 Å². The third-order valence-corrected chi connectivity index (χ3v) is 4.11. The number of hydrogen-bond acceptors (Lipinski definition) is 4. The number of aromatic nitrogens is 3. The molecule has 18 heavy (non-hydrogen) atoms. The molecule has 1 atom stereocenters. The van der Waals surface area contributed by atoms with E-state index < -0.39 is 0 Å². The van der Waals surface area contributed by atoms with Gasteiger partial charge in [-0.1, -0.05) is 11.3 Å². The molecule has 1 aliphatic heterocycles. The van der Waals surface area contributed by atoms with E-state index in [0.717, 1.165) is 24.4 Å². The lowest BCUT2D eigenvalue weighted by atomic mass is 10.3. The van der Waals surface area contributed by atoms with Crippen LogP contribution in [-0.4, -0.2) is 38.9 Å². The average molecular weight is 262 g/mol. The Morgan fingerprint density at radius 1 is 1.56 bits per heavy atom. The molecule has 6 heteroatoms. The second-order valence-corrected chi connectivity index (χ2v) is 5.45. The van der Waals surface area contributed by atoms with Crippen molar-refractivity contribution in [1.82, 2.24) is 19.9 Å². The Kier molecular flexibility index (Phi) is 3.10. The summed E-state index contributed by atoms with van der Waals surface area (Å²) in [5.74, 6) is 0.208. The molecule has 0 aliphatic carbocycles. The van der Waals surface area contributed by atoms with Crippen LogP contribution >= 0.6 is 11.3 Å². The first kappa shape index (κ1) is 11.4. The number of carbonyl (C=O) groups is 1. The monoisotopic (exact) mass is 262 g/mol. The van der Waals surface area contributed by atoms with Crippen LogP contribution in [0.1, 0.15) is 17.3 Å². The van der Waals surface area contributed by atoms with Crippen molar-refractivity contribution < 1.29 is 4.79 Å². The van der Waals surface area contributed by atoms with E-state index in [9.17, 15) is 4.79 Å². The molecule has 0 saturated carbocycles. The third-order valence-electron chi connectivity index (χ3n) is 3.24. The summed E-state index contributed by atoms with van der Waals surface area (Å²) in [6, 6.07) is 4.27. The number of carbonyl (C=O) groups excluding carboxylic acids is 1. The number of hydrogen-bond donors (Lipinski definition) is 0. The molecule has 5 nitrogen and oxygen atoms in total. The molecule has 0 radical (unpaired) electrons. The Bertz CT molecular complexity index is 508. The lowest BCUT2D eigenvalue weighted by Gasteiger charge is -2.16. The van der Waals surface area contributed by atoms with E-state index in [0.29, 0.717) is 6.42 Å². The molecule has 94 valence electrons. The van der Waals surface area contributed by atoms with Crippen molar-refractivity contribution in [1.29, 1.82) is 0 Å². The van der Waals surface area contributed by atoms with Crippen LogP contribution in [0.2, 0.25) is 0 Å². The van der Waals surface area contributed by atoms with Gasteiger partial charge in [-0.15, -0.1) is 16.4 Å². The van der Waals surface area contributed by atoms with E-state index in [2.05, 4.69) is 10.3 Å². The largest absolute Gasteiger partial charge is 0.340 e. The van der Waals surface area contributed by atoms with Crippen molar-refractivity contribution >= 4 is 17.2 Å². The van der Waals surface area contributed by atoms with Gasteiger partial charge < -0.3 is 4.90 Å². The second kappa shape index (κ2) is 4.89. The summed E-state index contributed by atoms with van der Waals surface area (Å²) in [6.45, 7) is 1.56. The summed E-state index contributed by atoms with van der Waals surface area (Å²) >= 11 is 1.63. The summed E-state index contributed by atoms with van der Waals surface area (Å²) in [5, 5.41) is 9.81. The van der Waals surface area contributed by atoms with Crippen LogP contribution in [0.15, 0.2) is 29.9 Å². The molecule has 1 amide bonds. The van der Waals surface area contributed by atoms with Crippen molar-refractivity contribution in [3.63, 3.8) is 0 Å². The maximum Gasteiger partial charge on any atom is 0.227 e. The fraction of sp³-hybridized carbons (Fsp3) is 0.417. The molecule has 0 spiro atoms. The minimum Gasteiger partial charge on any atom is -0.340 e. The number of nitrogens with zero attached hydrogens (tertiary/aromatic N) is 4. The highest BCUT2D eigenvalue weighted by Gasteiger charge is 2.27. The van der Waals surface area contributed by atoms with E-state index in [1.807, 2.05) is 33.3 Å². The fourth-order valence-electron chi connectivity index (χ4n) is 2.27. The van der Waals surface area contributed by atoms with Crippen LogP contribution in [0.5, 0.6) is 0 Å². The van der Waals surface area contributed by atoms with Gasteiger partial charge in [-0.3, -0.25) is 4.79 Å². The first-order valence-electron chi connectivity index (χ1n) is 5.99. The molecular weight excluding hydrogens is 248 g/mol. The van der Waals surface area contributed by atoms with Crippen molar-refractivity contribution in [2.24, 2.45) is 0 Å². The van der Waals surface area contributed by atoms with Gasteiger partial charge in [0.05, 0.1) is 18.7 Å². The summed E-state index contributed by atoms with van der Waals surface area (Å²) in [6.07, 6.45) is 5.01. The Balaban J connectivity index is 1.60. The normalized spacial score (nSPS) is 19.3. The van der Waals surface area contributed by atoms with Crippen molar-refractivity contribution in [3.8, 4) is 0 Å². The van der Waals surface area contributed by atoms with Gasteiger partial charge in [0.1, 0.15) is 0 Å². The van der Waals surface area contributed by atoms with Gasteiger partial charge in [0, 0.05) is 24.2 Å². The van der Waals surface area contributed by atoms with Crippen LogP contribution in [0, 0.1) is 0 Å². The Labute approximate surface area is 109 Å². The molecule has 1 aliphatic rings. The predicted octanol–water partition coefficient (Wildman–Crippen LogP) is 1.36. The number of rotatable bonds is 3. The molecule has 0 aromatic carbocycles. The van der Waals surface area contributed by atoms with E-state index in [-0.39, 0.29) is 11.9 Å². The van der Waals surface area contributed by atoms with Crippen molar-refractivity contribution in [2.75, 3.05) is 13.1 Å².